The fourth-order valence-corrected chi connectivity index (χ4v) is 3.21. The molecule has 27 heavy (non-hydrogen) atoms. The van der Waals surface area contributed by atoms with Crippen LogP contribution < -0.4 is 4.74 Å². The molecule has 1 aliphatic carbocycles. The predicted octanol–water partition coefficient (Wildman–Crippen LogP) is 3.03. The highest BCUT2D eigenvalue weighted by Crippen LogP contribution is 2.36. The topological polar surface area (TPSA) is 73.7 Å². The van der Waals surface area contributed by atoms with Crippen LogP contribution in [0, 0.1) is 0 Å². The highest BCUT2D eigenvalue weighted by Gasteiger charge is 2.39. The van der Waals surface area contributed by atoms with Crippen LogP contribution in [0.15, 0.2) is 24.5 Å². The largest absolute Gasteiger partial charge is 0.497 e. The Bertz CT molecular complexity index is 906. The number of imidazole rings is 1. The van der Waals surface area contributed by atoms with Crippen molar-refractivity contribution in [3.05, 3.63) is 41.5 Å². The van der Waals surface area contributed by atoms with E-state index in [9.17, 15) is 9.59 Å². The minimum atomic E-state index is -1.81. The maximum Gasteiger partial charge on any atom is 0.359 e. The number of alkyl halides is 1. The second-order valence-corrected chi connectivity index (χ2v) is 6.67. The molecular formula is C19H20FN3O4. The summed E-state index contributed by atoms with van der Waals surface area (Å²) in [5.74, 6) is -0.621. The van der Waals surface area contributed by atoms with Gasteiger partial charge in [0, 0.05) is 6.54 Å². The lowest BCUT2D eigenvalue weighted by atomic mass is 10.1. The molecule has 1 aliphatic heterocycles. The summed E-state index contributed by atoms with van der Waals surface area (Å²) in [6.07, 6.45) is 1.62. The Hall–Kier alpha value is -2.90. The standard InChI is InChI=1S/C19H20FN3O4/c1-3-8-22-17(20)16-15(19(25)27-11-4-5-11)21-10-23(16)14-7-6-12(26-2)9-13(14)18(22)24/h6-7,9-11,17H,3-5,8H2,1-2H3/t17-/m1/s1. The number of benzene rings is 1. The Morgan fingerprint density at radius 2 is 2.15 bits per heavy atom. The summed E-state index contributed by atoms with van der Waals surface area (Å²) in [6, 6.07) is 4.92. The minimum Gasteiger partial charge on any atom is -0.497 e. The van der Waals surface area contributed by atoms with Crippen LogP contribution in [-0.4, -0.2) is 46.1 Å². The molecule has 0 bridgehead atoms. The molecule has 1 aromatic heterocycles. The third kappa shape index (κ3) is 2.94. The summed E-state index contributed by atoms with van der Waals surface area (Å²) in [5, 5.41) is 0. The van der Waals surface area contributed by atoms with Crippen LogP contribution in [0.5, 0.6) is 5.75 Å². The second kappa shape index (κ2) is 6.68. The molecule has 2 aromatic rings. The number of amides is 1. The first-order chi connectivity index (χ1) is 13.0. The van der Waals surface area contributed by atoms with E-state index in [4.69, 9.17) is 9.47 Å². The molecule has 0 radical (unpaired) electrons. The van der Waals surface area contributed by atoms with Crippen LogP contribution in [0.2, 0.25) is 0 Å². The molecule has 1 aromatic carbocycles. The van der Waals surface area contributed by atoms with Crippen molar-refractivity contribution in [2.24, 2.45) is 0 Å². The van der Waals surface area contributed by atoms with Gasteiger partial charge >= 0.3 is 5.97 Å². The fraction of sp³-hybridized carbons (Fsp3) is 0.421. The van der Waals surface area contributed by atoms with Gasteiger partial charge in [0.25, 0.3) is 5.91 Å². The third-order valence-corrected chi connectivity index (χ3v) is 4.71. The van der Waals surface area contributed by atoms with Gasteiger partial charge in [0.15, 0.2) is 5.69 Å². The molecule has 8 heteroatoms. The van der Waals surface area contributed by atoms with Crippen molar-refractivity contribution >= 4 is 11.9 Å². The molecule has 7 nitrogen and oxygen atoms in total. The zero-order chi connectivity index (χ0) is 19.1. The Morgan fingerprint density at radius 1 is 1.37 bits per heavy atom. The second-order valence-electron chi connectivity index (χ2n) is 6.67. The monoisotopic (exact) mass is 373 g/mol. The normalized spacial score (nSPS) is 18.6. The summed E-state index contributed by atoms with van der Waals surface area (Å²) in [4.78, 5) is 30.7. The number of ether oxygens (including phenoxy) is 2. The molecule has 1 saturated carbocycles. The molecule has 1 fully saturated rings. The summed E-state index contributed by atoms with van der Waals surface area (Å²) in [7, 11) is 1.50. The summed E-state index contributed by atoms with van der Waals surface area (Å²) >= 11 is 0. The molecule has 0 saturated heterocycles. The molecule has 0 unspecified atom stereocenters. The van der Waals surface area contributed by atoms with E-state index in [2.05, 4.69) is 4.98 Å². The van der Waals surface area contributed by atoms with Crippen molar-refractivity contribution in [3.8, 4) is 11.4 Å². The van der Waals surface area contributed by atoms with Gasteiger partial charge < -0.3 is 14.4 Å². The number of methoxy groups -OCH3 is 1. The summed E-state index contributed by atoms with van der Waals surface area (Å²) < 4.78 is 27.5. The van der Waals surface area contributed by atoms with Crippen molar-refractivity contribution in [2.75, 3.05) is 13.7 Å². The van der Waals surface area contributed by atoms with E-state index in [0.29, 0.717) is 23.4 Å². The van der Waals surface area contributed by atoms with Crippen LogP contribution >= 0.6 is 0 Å². The summed E-state index contributed by atoms with van der Waals surface area (Å²) in [5.41, 5.74) is 0.678. The zero-order valence-electron chi connectivity index (χ0n) is 15.1. The van der Waals surface area contributed by atoms with Crippen molar-refractivity contribution in [1.29, 1.82) is 0 Å². The van der Waals surface area contributed by atoms with E-state index in [-0.39, 0.29) is 24.0 Å². The first-order valence-electron chi connectivity index (χ1n) is 8.96. The lowest BCUT2D eigenvalue weighted by Gasteiger charge is -2.24. The number of halogens is 1. The SMILES string of the molecule is CCCN1C(=O)c2cc(OC)ccc2-n2cnc(C(=O)OC3CC3)c2[C@@H]1F. The number of hydrogen-bond donors (Lipinski definition) is 0. The quantitative estimate of drug-likeness (QED) is 0.595. The van der Waals surface area contributed by atoms with Gasteiger partial charge in [-0.05, 0) is 37.5 Å². The molecule has 1 amide bonds. The maximum absolute atomic E-state index is 15.5. The summed E-state index contributed by atoms with van der Waals surface area (Å²) in [6.45, 7) is 2.07. The van der Waals surface area contributed by atoms with Gasteiger partial charge in [-0.15, -0.1) is 0 Å². The smallest absolute Gasteiger partial charge is 0.359 e. The highest BCUT2D eigenvalue weighted by atomic mass is 19.1. The Balaban J connectivity index is 1.87. The number of carbonyl (C=O) groups excluding carboxylic acids is 2. The molecule has 1 atom stereocenters. The Labute approximate surface area is 155 Å². The maximum atomic E-state index is 15.5. The van der Waals surface area contributed by atoms with Gasteiger partial charge in [-0.2, -0.15) is 0 Å². The number of nitrogens with zero attached hydrogens (tertiary/aromatic N) is 3. The van der Waals surface area contributed by atoms with Gasteiger partial charge in [0.1, 0.15) is 23.9 Å². The number of hydrogen-bond acceptors (Lipinski definition) is 5. The van der Waals surface area contributed by atoms with E-state index in [1.165, 1.54) is 18.0 Å². The molecule has 2 heterocycles. The lowest BCUT2D eigenvalue weighted by Crippen LogP contribution is -2.33. The number of aromatic nitrogens is 2. The third-order valence-electron chi connectivity index (χ3n) is 4.71. The van der Waals surface area contributed by atoms with Crippen molar-refractivity contribution in [1.82, 2.24) is 14.5 Å². The Kier molecular flexibility index (Phi) is 4.33. The molecular weight excluding hydrogens is 353 g/mol. The van der Waals surface area contributed by atoms with Crippen molar-refractivity contribution < 1.29 is 23.5 Å². The predicted molar refractivity (Wildman–Crippen MR) is 93.7 cm³/mol. The van der Waals surface area contributed by atoms with Gasteiger partial charge in [0.2, 0.25) is 6.30 Å². The van der Waals surface area contributed by atoms with Gasteiger partial charge in [-0.3, -0.25) is 9.36 Å². The number of rotatable bonds is 5. The van der Waals surface area contributed by atoms with E-state index in [1.54, 1.807) is 18.2 Å². The van der Waals surface area contributed by atoms with Gasteiger partial charge in [-0.1, -0.05) is 6.92 Å². The minimum absolute atomic E-state index is 0.0198. The molecule has 2 aliphatic rings. The average Bonchev–Trinajstić information content (AvgIpc) is 3.39. The lowest BCUT2D eigenvalue weighted by molar-refractivity contribution is 0.0396. The van der Waals surface area contributed by atoms with Crippen LogP contribution in [-0.2, 0) is 4.74 Å². The average molecular weight is 373 g/mol. The van der Waals surface area contributed by atoms with Crippen molar-refractivity contribution in [3.63, 3.8) is 0 Å². The number of fused-ring (bicyclic) bond motifs is 3. The first kappa shape index (κ1) is 17.5. The zero-order valence-corrected chi connectivity index (χ0v) is 15.1. The molecule has 0 spiro atoms. The van der Waals surface area contributed by atoms with Gasteiger partial charge in [-0.25, -0.2) is 14.2 Å². The molecule has 0 N–H and O–H groups in total. The Morgan fingerprint density at radius 3 is 2.81 bits per heavy atom. The molecule has 142 valence electrons. The van der Waals surface area contributed by atoms with E-state index >= 15 is 4.39 Å². The van der Waals surface area contributed by atoms with Gasteiger partial charge in [0.05, 0.1) is 18.4 Å². The molecule has 4 rings (SSSR count). The van der Waals surface area contributed by atoms with Crippen LogP contribution in [0.3, 0.4) is 0 Å². The first-order valence-corrected chi connectivity index (χ1v) is 8.96. The van der Waals surface area contributed by atoms with E-state index in [1.807, 2.05) is 6.92 Å². The van der Waals surface area contributed by atoms with E-state index < -0.39 is 18.2 Å². The number of carbonyl (C=O) groups is 2. The number of esters is 1. The van der Waals surface area contributed by atoms with Crippen LogP contribution in [0.25, 0.3) is 5.69 Å². The van der Waals surface area contributed by atoms with Crippen LogP contribution in [0.4, 0.5) is 4.39 Å². The highest BCUT2D eigenvalue weighted by molar-refractivity contribution is 6.00. The fourth-order valence-electron chi connectivity index (χ4n) is 3.21. The van der Waals surface area contributed by atoms with Crippen LogP contribution in [0.1, 0.15) is 59.0 Å². The van der Waals surface area contributed by atoms with Crippen molar-refractivity contribution in [2.45, 2.75) is 38.6 Å². The van der Waals surface area contributed by atoms with E-state index in [0.717, 1.165) is 17.7 Å².